The predicted molar refractivity (Wildman–Crippen MR) is 122 cm³/mol. The van der Waals surface area contributed by atoms with Crippen LogP contribution in [0.2, 0.25) is 0 Å². The van der Waals surface area contributed by atoms with Gasteiger partial charge in [0.15, 0.2) is 0 Å². The first-order chi connectivity index (χ1) is 15.0. The van der Waals surface area contributed by atoms with Crippen LogP contribution >= 0.6 is 0 Å². The molecule has 1 aliphatic heterocycles. The second-order valence-electron chi connectivity index (χ2n) is 9.98. The van der Waals surface area contributed by atoms with Crippen molar-refractivity contribution in [3.63, 3.8) is 0 Å². The number of rotatable bonds is 6. The maximum absolute atomic E-state index is 12.6. The number of halogens is 1. The summed E-state index contributed by atoms with van der Waals surface area (Å²) in [4.78, 5) is 14.3. The van der Waals surface area contributed by atoms with Crippen LogP contribution in [0.25, 0.3) is 11.3 Å². The van der Waals surface area contributed by atoms with E-state index in [0.717, 1.165) is 54.8 Å². The summed E-state index contributed by atoms with van der Waals surface area (Å²) in [6, 6.07) is 3.38. The Balaban J connectivity index is 1.27. The van der Waals surface area contributed by atoms with E-state index < -0.39 is 0 Å². The highest BCUT2D eigenvalue weighted by molar-refractivity contribution is 5.61. The smallest absolute Gasteiger partial charge is 0.126 e. The highest BCUT2D eigenvalue weighted by Crippen LogP contribution is 2.62. The third-order valence-corrected chi connectivity index (χ3v) is 7.71. The van der Waals surface area contributed by atoms with Crippen LogP contribution in [-0.4, -0.2) is 69.8 Å². The molecule has 2 N–H and O–H groups in total. The molecule has 7 heteroatoms. The van der Waals surface area contributed by atoms with Gasteiger partial charge in [0.25, 0.3) is 0 Å². The minimum atomic E-state index is -0.230. The molecule has 6 nitrogen and oxygen atoms in total. The van der Waals surface area contributed by atoms with Gasteiger partial charge in [-0.1, -0.05) is 13.8 Å². The van der Waals surface area contributed by atoms with Gasteiger partial charge in [-0.05, 0) is 43.2 Å². The van der Waals surface area contributed by atoms with Crippen LogP contribution in [0.1, 0.15) is 50.0 Å². The van der Waals surface area contributed by atoms with Crippen LogP contribution in [0.5, 0.6) is 0 Å². The summed E-state index contributed by atoms with van der Waals surface area (Å²) in [6.07, 6.45) is 6.65. The van der Waals surface area contributed by atoms with Gasteiger partial charge in [-0.25, -0.2) is 14.4 Å². The first-order valence-electron chi connectivity index (χ1n) is 11.8. The zero-order chi connectivity index (χ0) is 21.7. The molecule has 0 amide bonds. The SMILES string of the molecule is Cc1cc(-c2cn(C3[C@H]4CC(N5CCN(CCF)CC5)C[C@@H]34)c(C(C)C)n2)cnc1N. The van der Waals surface area contributed by atoms with E-state index in [2.05, 4.69) is 45.5 Å². The number of hydrogen-bond donors (Lipinski definition) is 1. The standard InChI is InChI=1S/C24H35FN6/c1-15(2)24-28-21(17-10-16(3)23(26)27-13-17)14-31(24)22-19-11-18(12-20(19)22)30-8-6-29(5-4-25)7-9-30/h10,13-15,18-20,22H,4-9,11-12H2,1-3H3,(H2,26,27)/t18?,19-,20+,22?. The molecular weight excluding hydrogens is 391 g/mol. The van der Waals surface area contributed by atoms with Crippen molar-refractivity contribution in [1.82, 2.24) is 24.3 Å². The Hall–Kier alpha value is -1.99. The van der Waals surface area contributed by atoms with Crippen molar-refractivity contribution in [3.8, 4) is 11.3 Å². The van der Waals surface area contributed by atoms with Crippen LogP contribution in [-0.2, 0) is 0 Å². The van der Waals surface area contributed by atoms with E-state index in [-0.39, 0.29) is 6.67 Å². The number of nitrogens with zero attached hydrogens (tertiary/aromatic N) is 5. The van der Waals surface area contributed by atoms with Gasteiger partial charge in [0.2, 0.25) is 0 Å². The Labute approximate surface area is 184 Å². The number of alkyl halides is 1. The van der Waals surface area contributed by atoms with Crippen molar-refractivity contribution >= 4 is 5.82 Å². The number of nitrogen functional groups attached to an aromatic ring is 1. The number of pyridine rings is 1. The fourth-order valence-corrected chi connectivity index (χ4v) is 5.90. The average molecular weight is 427 g/mol. The summed E-state index contributed by atoms with van der Waals surface area (Å²) in [7, 11) is 0. The summed E-state index contributed by atoms with van der Waals surface area (Å²) in [5, 5.41) is 0. The highest BCUT2D eigenvalue weighted by atomic mass is 19.1. The minimum absolute atomic E-state index is 0.230. The molecule has 1 saturated heterocycles. The summed E-state index contributed by atoms with van der Waals surface area (Å²) < 4.78 is 15.1. The Kier molecular flexibility index (Phi) is 5.51. The van der Waals surface area contributed by atoms with E-state index in [0.29, 0.717) is 30.4 Å². The molecule has 3 heterocycles. The van der Waals surface area contributed by atoms with Crippen molar-refractivity contribution in [2.45, 2.75) is 51.6 Å². The predicted octanol–water partition coefficient (Wildman–Crippen LogP) is 3.50. The zero-order valence-electron chi connectivity index (χ0n) is 19.0. The number of nitrogens with two attached hydrogens (primary N) is 1. The summed E-state index contributed by atoms with van der Waals surface area (Å²) >= 11 is 0. The number of fused-ring (bicyclic) bond motifs is 1. The number of imidazole rings is 1. The normalized spacial score (nSPS) is 28.9. The molecule has 2 aromatic rings. The van der Waals surface area contributed by atoms with Crippen LogP contribution in [0.15, 0.2) is 18.5 Å². The highest BCUT2D eigenvalue weighted by Gasteiger charge is 2.58. The largest absolute Gasteiger partial charge is 0.383 e. The Morgan fingerprint density at radius 1 is 1.16 bits per heavy atom. The van der Waals surface area contributed by atoms with Gasteiger partial charge < -0.3 is 10.3 Å². The summed E-state index contributed by atoms with van der Waals surface area (Å²) in [6.45, 7) is 11.0. The third-order valence-electron chi connectivity index (χ3n) is 7.71. The topological polar surface area (TPSA) is 63.2 Å². The van der Waals surface area contributed by atoms with E-state index in [1.54, 1.807) is 0 Å². The number of hydrogen-bond acceptors (Lipinski definition) is 5. The fraction of sp³-hybridized carbons (Fsp3) is 0.667. The molecule has 2 aromatic heterocycles. The first-order valence-corrected chi connectivity index (χ1v) is 11.8. The van der Waals surface area contributed by atoms with Crippen LogP contribution < -0.4 is 5.73 Å². The maximum Gasteiger partial charge on any atom is 0.126 e. The van der Waals surface area contributed by atoms with Crippen molar-refractivity contribution in [1.29, 1.82) is 0 Å². The molecule has 0 radical (unpaired) electrons. The van der Waals surface area contributed by atoms with Gasteiger partial charge in [-0.2, -0.15) is 0 Å². The lowest BCUT2D eigenvalue weighted by Gasteiger charge is -2.38. The maximum atomic E-state index is 12.6. The number of anilines is 1. The lowest BCUT2D eigenvalue weighted by Crippen LogP contribution is -2.50. The van der Waals surface area contributed by atoms with E-state index in [1.807, 2.05) is 13.1 Å². The van der Waals surface area contributed by atoms with Gasteiger partial charge in [-0.3, -0.25) is 9.80 Å². The number of aryl methyl sites for hydroxylation is 1. The van der Waals surface area contributed by atoms with Crippen molar-refractivity contribution in [2.75, 3.05) is 45.1 Å². The summed E-state index contributed by atoms with van der Waals surface area (Å²) in [5.41, 5.74) is 8.95. The minimum Gasteiger partial charge on any atom is -0.383 e. The van der Waals surface area contributed by atoms with E-state index in [4.69, 9.17) is 10.7 Å². The molecule has 2 saturated carbocycles. The Bertz CT molecular complexity index is 920. The van der Waals surface area contributed by atoms with Crippen LogP contribution in [0.3, 0.4) is 0 Å². The molecule has 0 aromatic carbocycles. The van der Waals surface area contributed by atoms with E-state index in [1.165, 1.54) is 18.7 Å². The molecule has 2 unspecified atom stereocenters. The molecule has 5 rings (SSSR count). The monoisotopic (exact) mass is 426 g/mol. The van der Waals surface area contributed by atoms with Gasteiger partial charge >= 0.3 is 0 Å². The van der Waals surface area contributed by atoms with Crippen LogP contribution in [0.4, 0.5) is 10.2 Å². The quantitative estimate of drug-likeness (QED) is 0.766. The van der Waals surface area contributed by atoms with Gasteiger partial charge in [0, 0.05) is 68.7 Å². The Morgan fingerprint density at radius 2 is 1.87 bits per heavy atom. The van der Waals surface area contributed by atoms with Gasteiger partial charge in [0.1, 0.15) is 18.3 Å². The second kappa shape index (κ2) is 8.17. The number of aromatic nitrogens is 3. The molecule has 2 aliphatic carbocycles. The second-order valence-corrected chi connectivity index (χ2v) is 9.98. The molecule has 168 valence electrons. The van der Waals surface area contributed by atoms with Crippen molar-refractivity contribution < 1.29 is 4.39 Å². The molecule has 0 spiro atoms. The number of piperazine rings is 1. The summed E-state index contributed by atoms with van der Waals surface area (Å²) in [5.74, 6) is 3.68. The molecular formula is C24H35FN6. The molecule has 3 aliphatic rings. The van der Waals surface area contributed by atoms with Crippen LogP contribution in [0, 0.1) is 18.8 Å². The average Bonchev–Trinajstić information content (AvgIpc) is 3.10. The molecule has 31 heavy (non-hydrogen) atoms. The van der Waals surface area contributed by atoms with E-state index in [9.17, 15) is 4.39 Å². The van der Waals surface area contributed by atoms with Crippen molar-refractivity contribution in [3.05, 3.63) is 29.8 Å². The zero-order valence-corrected chi connectivity index (χ0v) is 19.0. The van der Waals surface area contributed by atoms with E-state index >= 15 is 0 Å². The lowest BCUT2D eigenvalue weighted by molar-refractivity contribution is 0.0873. The molecule has 3 fully saturated rings. The molecule has 4 atom stereocenters. The lowest BCUT2D eigenvalue weighted by atomic mass is 10.1. The Morgan fingerprint density at radius 3 is 2.48 bits per heavy atom. The fourth-order valence-electron chi connectivity index (χ4n) is 5.90. The molecule has 0 bridgehead atoms. The van der Waals surface area contributed by atoms with Crippen molar-refractivity contribution in [2.24, 2.45) is 11.8 Å². The first kappa shape index (κ1) is 20.9. The van der Waals surface area contributed by atoms with Gasteiger partial charge in [-0.15, -0.1) is 0 Å². The van der Waals surface area contributed by atoms with Gasteiger partial charge in [0.05, 0.1) is 5.69 Å². The third kappa shape index (κ3) is 3.87.